The molecule has 1 N–H and O–H groups in total. The molecule has 0 aliphatic carbocycles. The standard InChI is InChI=1S/C14H18N4O4/c1-9-10(2)17-18(14(21)11(9)7-15)8-12(19)16-6-4-5-13(20)22-3/h4-6,8H2,1-3H3,(H,16,19). The zero-order valence-electron chi connectivity index (χ0n) is 12.8. The first kappa shape index (κ1) is 17.4. The van der Waals surface area contributed by atoms with E-state index in [0.717, 1.165) is 4.68 Å². The molecule has 8 heteroatoms. The Morgan fingerprint density at radius 1 is 1.41 bits per heavy atom. The Hall–Kier alpha value is -2.69. The van der Waals surface area contributed by atoms with Crippen LogP contribution in [0, 0.1) is 25.2 Å². The lowest BCUT2D eigenvalue weighted by Crippen LogP contribution is -2.36. The Morgan fingerprint density at radius 2 is 2.09 bits per heavy atom. The van der Waals surface area contributed by atoms with Crippen LogP contribution < -0.4 is 10.9 Å². The minimum absolute atomic E-state index is 0.00834. The smallest absolute Gasteiger partial charge is 0.305 e. The molecular formula is C14H18N4O4. The third kappa shape index (κ3) is 4.41. The summed E-state index contributed by atoms with van der Waals surface area (Å²) < 4.78 is 5.45. The lowest BCUT2D eigenvalue weighted by atomic mass is 10.1. The van der Waals surface area contributed by atoms with Gasteiger partial charge in [0.15, 0.2) is 0 Å². The van der Waals surface area contributed by atoms with Crippen molar-refractivity contribution >= 4 is 11.9 Å². The summed E-state index contributed by atoms with van der Waals surface area (Å²) in [6, 6.07) is 1.83. The summed E-state index contributed by atoms with van der Waals surface area (Å²) in [4.78, 5) is 34.7. The monoisotopic (exact) mass is 306 g/mol. The van der Waals surface area contributed by atoms with Gasteiger partial charge in [-0.15, -0.1) is 0 Å². The molecule has 22 heavy (non-hydrogen) atoms. The zero-order chi connectivity index (χ0) is 16.7. The highest BCUT2D eigenvalue weighted by Crippen LogP contribution is 2.04. The largest absolute Gasteiger partial charge is 0.469 e. The lowest BCUT2D eigenvalue weighted by Gasteiger charge is -2.09. The van der Waals surface area contributed by atoms with Crippen molar-refractivity contribution in [2.75, 3.05) is 13.7 Å². The van der Waals surface area contributed by atoms with Gasteiger partial charge in [-0.1, -0.05) is 0 Å². The van der Waals surface area contributed by atoms with Gasteiger partial charge in [0.05, 0.1) is 12.8 Å². The molecule has 118 valence electrons. The van der Waals surface area contributed by atoms with Gasteiger partial charge in [-0.3, -0.25) is 14.4 Å². The molecule has 0 aliphatic heterocycles. The second-order valence-corrected chi connectivity index (χ2v) is 4.69. The van der Waals surface area contributed by atoms with Gasteiger partial charge in [0, 0.05) is 13.0 Å². The van der Waals surface area contributed by atoms with Crippen molar-refractivity contribution in [1.82, 2.24) is 15.1 Å². The number of hydrogen-bond donors (Lipinski definition) is 1. The van der Waals surface area contributed by atoms with Gasteiger partial charge >= 0.3 is 5.97 Å². The van der Waals surface area contributed by atoms with Crippen LogP contribution in [0.1, 0.15) is 29.7 Å². The number of rotatable bonds is 6. The number of nitrogens with zero attached hydrogens (tertiary/aromatic N) is 3. The maximum Gasteiger partial charge on any atom is 0.305 e. The first-order valence-corrected chi connectivity index (χ1v) is 6.72. The minimum atomic E-state index is -0.588. The van der Waals surface area contributed by atoms with E-state index in [0.29, 0.717) is 24.2 Å². The predicted molar refractivity (Wildman–Crippen MR) is 76.9 cm³/mol. The molecule has 0 aliphatic rings. The molecule has 1 amide bonds. The van der Waals surface area contributed by atoms with Crippen LogP contribution in [-0.2, 0) is 20.9 Å². The summed E-state index contributed by atoms with van der Waals surface area (Å²) in [6.07, 6.45) is 0.647. The van der Waals surface area contributed by atoms with Gasteiger partial charge in [0.2, 0.25) is 5.91 Å². The molecule has 0 saturated heterocycles. The number of carbonyl (C=O) groups excluding carboxylic acids is 2. The highest BCUT2D eigenvalue weighted by Gasteiger charge is 2.13. The predicted octanol–water partition coefficient (Wildman–Crippen LogP) is -0.199. The van der Waals surface area contributed by atoms with Crippen molar-refractivity contribution in [3.63, 3.8) is 0 Å². The van der Waals surface area contributed by atoms with E-state index in [2.05, 4.69) is 15.2 Å². The number of nitrogens with one attached hydrogen (secondary N) is 1. The number of aromatic nitrogens is 2. The normalized spacial score (nSPS) is 9.91. The molecule has 0 spiro atoms. The van der Waals surface area contributed by atoms with Crippen molar-refractivity contribution in [3.05, 3.63) is 27.2 Å². The fourth-order valence-electron chi connectivity index (χ4n) is 1.77. The molecule has 0 bridgehead atoms. The van der Waals surface area contributed by atoms with E-state index in [4.69, 9.17) is 5.26 Å². The second-order valence-electron chi connectivity index (χ2n) is 4.69. The van der Waals surface area contributed by atoms with Gasteiger partial charge in [-0.05, 0) is 25.8 Å². The average Bonchev–Trinajstić information content (AvgIpc) is 2.49. The highest BCUT2D eigenvalue weighted by molar-refractivity contribution is 5.75. The van der Waals surface area contributed by atoms with E-state index in [-0.39, 0.29) is 24.5 Å². The molecule has 1 aromatic rings. The summed E-state index contributed by atoms with van der Waals surface area (Å²) in [5.74, 6) is -0.758. The van der Waals surface area contributed by atoms with E-state index in [1.165, 1.54) is 7.11 Å². The average molecular weight is 306 g/mol. The van der Waals surface area contributed by atoms with Crippen molar-refractivity contribution in [2.24, 2.45) is 0 Å². The van der Waals surface area contributed by atoms with E-state index < -0.39 is 11.5 Å². The van der Waals surface area contributed by atoms with Crippen LogP contribution in [0.25, 0.3) is 0 Å². The van der Waals surface area contributed by atoms with Gasteiger partial charge in [-0.2, -0.15) is 10.4 Å². The maximum absolute atomic E-state index is 12.0. The van der Waals surface area contributed by atoms with E-state index >= 15 is 0 Å². The summed E-state index contributed by atoms with van der Waals surface area (Å²) in [5, 5.41) is 15.6. The number of hydrogen-bond acceptors (Lipinski definition) is 6. The maximum atomic E-state index is 12.0. The van der Waals surface area contributed by atoms with E-state index in [9.17, 15) is 14.4 Å². The molecule has 8 nitrogen and oxygen atoms in total. The van der Waals surface area contributed by atoms with E-state index in [1.807, 2.05) is 6.07 Å². The van der Waals surface area contributed by atoms with Crippen molar-refractivity contribution in [3.8, 4) is 6.07 Å². The molecule has 0 atom stereocenters. The third-order valence-electron chi connectivity index (χ3n) is 3.15. The summed E-state index contributed by atoms with van der Waals surface area (Å²) in [7, 11) is 1.30. The Morgan fingerprint density at radius 3 is 2.68 bits per heavy atom. The highest BCUT2D eigenvalue weighted by atomic mass is 16.5. The van der Waals surface area contributed by atoms with Crippen LogP contribution in [0.4, 0.5) is 0 Å². The Balaban J connectivity index is 2.66. The quantitative estimate of drug-likeness (QED) is 0.575. The number of amides is 1. The summed E-state index contributed by atoms with van der Waals surface area (Å²) >= 11 is 0. The molecular weight excluding hydrogens is 288 g/mol. The van der Waals surface area contributed by atoms with Gasteiger partial charge in [0.25, 0.3) is 5.56 Å². The van der Waals surface area contributed by atoms with Crippen LogP contribution in [-0.4, -0.2) is 35.3 Å². The van der Waals surface area contributed by atoms with Crippen molar-refractivity contribution < 1.29 is 14.3 Å². The summed E-state index contributed by atoms with van der Waals surface area (Å²) in [5.41, 5.74) is 0.443. The number of methoxy groups -OCH3 is 1. The molecule has 1 rings (SSSR count). The fraction of sp³-hybridized carbons (Fsp3) is 0.500. The molecule has 0 aromatic carbocycles. The molecule has 0 fully saturated rings. The molecule has 1 aromatic heterocycles. The van der Waals surface area contributed by atoms with E-state index in [1.54, 1.807) is 13.8 Å². The van der Waals surface area contributed by atoms with Crippen LogP contribution >= 0.6 is 0 Å². The lowest BCUT2D eigenvalue weighted by molar-refractivity contribution is -0.140. The third-order valence-corrected chi connectivity index (χ3v) is 3.15. The number of carbonyl (C=O) groups is 2. The van der Waals surface area contributed by atoms with Gasteiger partial charge < -0.3 is 10.1 Å². The molecule has 0 saturated carbocycles. The van der Waals surface area contributed by atoms with Crippen molar-refractivity contribution in [2.45, 2.75) is 33.2 Å². The van der Waals surface area contributed by atoms with Crippen LogP contribution in [0.3, 0.4) is 0 Å². The molecule has 0 unspecified atom stereocenters. The number of nitriles is 1. The van der Waals surface area contributed by atoms with Crippen LogP contribution in [0.2, 0.25) is 0 Å². The Kier molecular flexibility index (Phi) is 6.25. The zero-order valence-corrected chi connectivity index (χ0v) is 12.8. The minimum Gasteiger partial charge on any atom is -0.469 e. The molecule has 1 heterocycles. The topological polar surface area (TPSA) is 114 Å². The first-order valence-electron chi connectivity index (χ1n) is 6.72. The first-order chi connectivity index (χ1) is 10.4. The van der Waals surface area contributed by atoms with Gasteiger partial charge in [0.1, 0.15) is 18.2 Å². The number of esters is 1. The number of aryl methyl sites for hydroxylation is 1. The van der Waals surface area contributed by atoms with Gasteiger partial charge in [-0.25, -0.2) is 4.68 Å². The van der Waals surface area contributed by atoms with Crippen LogP contribution in [0.15, 0.2) is 4.79 Å². The van der Waals surface area contributed by atoms with Crippen molar-refractivity contribution in [1.29, 1.82) is 5.26 Å². The number of ether oxygens (including phenoxy) is 1. The molecule has 0 radical (unpaired) electrons. The Labute approximate surface area is 127 Å². The summed E-state index contributed by atoms with van der Waals surface area (Å²) in [6.45, 7) is 3.32. The van der Waals surface area contributed by atoms with Crippen LogP contribution in [0.5, 0.6) is 0 Å². The second kappa shape index (κ2) is 7.93. The fourth-order valence-corrected chi connectivity index (χ4v) is 1.77. The SMILES string of the molecule is COC(=O)CCCNC(=O)Cn1nc(C)c(C)c(C#N)c1=O. The Bertz CT molecular complexity index is 673.